The molecule has 2 rings (SSSR count). The van der Waals surface area contributed by atoms with Crippen molar-refractivity contribution in [3.63, 3.8) is 0 Å². The summed E-state index contributed by atoms with van der Waals surface area (Å²) in [4.78, 5) is 12.1. The van der Waals surface area contributed by atoms with Gasteiger partial charge in [0.05, 0.1) is 4.90 Å². The zero-order chi connectivity index (χ0) is 19.7. The molecule has 3 N–H and O–H groups in total. The molecule has 1 fully saturated rings. The number of hydrogen-bond acceptors (Lipinski definition) is 4. The van der Waals surface area contributed by atoms with Crippen LogP contribution in [0.4, 0.5) is 0 Å². The second kappa shape index (κ2) is 10.6. The Hall–Kier alpha value is -1.71. The number of nitrogens with zero attached hydrogens (tertiary/aromatic N) is 1. The van der Waals surface area contributed by atoms with Crippen LogP contribution < -0.4 is 16.2 Å². The maximum atomic E-state index is 12.8. The summed E-state index contributed by atoms with van der Waals surface area (Å²) in [5.41, 5.74) is 6.06. The molecule has 0 aromatic heterocycles. The van der Waals surface area contributed by atoms with Gasteiger partial charge in [-0.15, -0.1) is 0 Å². The van der Waals surface area contributed by atoms with Crippen molar-refractivity contribution in [1.29, 1.82) is 0 Å². The number of hydrazine groups is 1. The number of hydrogen-bond donors (Lipinski definition) is 3. The first kappa shape index (κ1) is 21.6. The second-order valence-corrected chi connectivity index (χ2v) is 8.84. The Morgan fingerprint density at radius 3 is 2.30 bits per heavy atom. The molecule has 0 radical (unpaired) electrons. The number of amides is 1. The highest BCUT2D eigenvalue weighted by Crippen LogP contribution is 2.20. The van der Waals surface area contributed by atoms with Crippen molar-refractivity contribution < 1.29 is 13.2 Å². The minimum Gasteiger partial charge on any atom is -0.362 e. The van der Waals surface area contributed by atoms with Crippen LogP contribution in [-0.2, 0) is 21.2 Å². The molecule has 9 heteroatoms. The first-order valence-corrected chi connectivity index (χ1v) is 11.2. The molecular formula is C18H28N4O3S2. The van der Waals surface area contributed by atoms with Crippen LogP contribution in [0.25, 0.3) is 0 Å². The molecule has 0 unspecified atom stereocenters. The van der Waals surface area contributed by atoms with Gasteiger partial charge in [-0.05, 0) is 56.1 Å². The molecule has 0 spiro atoms. The van der Waals surface area contributed by atoms with Crippen molar-refractivity contribution in [2.75, 3.05) is 19.6 Å². The number of aryl methyl sites for hydroxylation is 1. The van der Waals surface area contributed by atoms with E-state index in [2.05, 4.69) is 16.2 Å². The van der Waals surface area contributed by atoms with E-state index in [1.54, 1.807) is 28.6 Å². The molecule has 27 heavy (non-hydrogen) atoms. The molecular weight excluding hydrogens is 384 g/mol. The SMILES string of the molecule is CCNC(=S)NNC(=O)CCc1ccc(S(=O)(=O)N2CCCCCC2)cc1. The molecule has 0 saturated carbocycles. The second-order valence-electron chi connectivity index (χ2n) is 6.49. The summed E-state index contributed by atoms with van der Waals surface area (Å²) in [5.74, 6) is -0.184. The molecule has 1 amide bonds. The number of benzene rings is 1. The molecule has 1 aliphatic rings. The van der Waals surface area contributed by atoms with E-state index < -0.39 is 10.0 Å². The maximum Gasteiger partial charge on any atom is 0.243 e. The lowest BCUT2D eigenvalue weighted by Crippen LogP contribution is -2.46. The van der Waals surface area contributed by atoms with Crippen LogP contribution in [-0.4, -0.2) is 43.4 Å². The van der Waals surface area contributed by atoms with Crippen LogP contribution in [0, 0.1) is 0 Å². The van der Waals surface area contributed by atoms with Crippen LogP contribution in [0.1, 0.15) is 44.6 Å². The highest BCUT2D eigenvalue weighted by Gasteiger charge is 2.24. The molecule has 0 atom stereocenters. The summed E-state index contributed by atoms with van der Waals surface area (Å²) < 4.78 is 27.1. The molecule has 0 aliphatic carbocycles. The minimum absolute atomic E-state index is 0.184. The third kappa shape index (κ3) is 6.75. The molecule has 1 aromatic carbocycles. The van der Waals surface area contributed by atoms with Crippen molar-refractivity contribution in [2.24, 2.45) is 0 Å². The van der Waals surface area contributed by atoms with Crippen molar-refractivity contribution in [3.05, 3.63) is 29.8 Å². The van der Waals surface area contributed by atoms with E-state index >= 15 is 0 Å². The Morgan fingerprint density at radius 1 is 1.07 bits per heavy atom. The molecule has 1 saturated heterocycles. The Bertz CT molecular complexity index is 727. The van der Waals surface area contributed by atoms with Gasteiger partial charge >= 0.3 is 0 Å². The van der Waals surface area contributed by atoms with Crippen LogP contribution >= 0.6 is 12.2 Å². The average Bonchev–Trinajstić information content (AvgIpc) is 2.95. The van der Waals surface area contributed by atoms with Crippen molar-refractivity contribution in [1.82, 2.24) is 20.5 Å². The van der Waals surface area contributed by atoms with E-state index in [9.17, 15) is 13.2 Å². The lowest BCUT2D eigenvalue weighted by atomic mass is 10.1. The molecule has 7 nitrogen and oxygen atoms in total. The highest BCUT2D eigenvalue weighted by molar-refractivity contribution is 7.89. The van der Waals surface area contributed by atoms with Gasteiger partial charge in [-0.3, -0.25) is 15.6 Å². The van der Waals surface area contributed by atoms with Crippen molar-refractivity contribution in [2.45, 2.75) is 50.3 Å². The number of sulfonamides is 1. The standard InChI is InChI=1S/C18H28N4O3S2/c1-2-19-18(26)21-20-17(23)12-9-15-7-10-16(11-8-15)27(24,25)22-13-5-3-4-6-14-22/h7-8,10-11H,2-6,9,12-14H2,1H3,(H,20,23)(H2,19,21,26). The van der Waals surface area contributed by atoms with Gasteiger partial charge in [-0.1, -0.05) is 25.0 Å². The van der Waals surface area contributed by atoms with E-state index in [1.165, 1.54) is 0 Å². The Kier molecular flexibility index (Phi) is 8.46. The van der Waals surface area contributed by atoms with E-state index in [1.807, 2.05) is 6.92 Å². The quantitative estimate of drug-likeness (QED) is 0.487. The minimum atomic E-state index is -3.43. The molecule has 1 heterocycles. The molecule has 1 aliphatic heterocycles. The Morgan fingerprint density at radius 2 is 1.70 bits per heavy atom. The zero-order valence-corrected chi connectivity index (χ0v) is 17.3. The third-order valence-electron chi connectivity index (χ3n) is 4.42. The highest BCUT2D eigenvalue weighted by atomic mass is 32.2. The van der Waals surface area contributed by atoms with Gasteiger partial charge < -0.3 is 5.32 Å². The fourth-order valence-electron chi connectivity index (χ4n) is 2.91. The number of carbonyl (C=O) groups is 1. The molecule has 1 aromatic rings. The maximum absolute atomic E-state index is 12.8. The number of rotatable bonds is 6. The summed E-state index contributed by atoms with van der Waals surface area (Å²) in [6.45, 7) is 3.76. The third-order valence-corrected chi connectivity index (χ3v) is 6.58. The van der Waals surface area contributed by atoms with Gasteiger partial charge in [0.15, 0.2) is 5.11 Å². The monoisotopic (exact) mass is 412 g/mol. The van der Waals surface area contributed by atoms with E-state index in [-0.39, 0.29) is 12.3 Å². The normalized spacial score (nSPS) is 15.6. The molecule has 150 valence electrons. The van der Waals surface area contributed by atoms with Crippen molar-refractivity contribution in [3.8, 4) is 0 Å². The number of thiocarbonyl (C=S) groups is 1. The van der Waals surface area contributed by atoms with Gasteiger partial charge in [-0.2, -0.15) is 4.31 Å². The zero-order valence-electron chi connectivity index (χ0n) is 15.7. The topological polar surface area (TPSA) is 90.5 Å². The summed E-state index contributed by atoms with van der Waals surface area (Å²) in [6.07, 6.45) is 4.79. The van der Waals surface area contributed by atoms with Gasteiger partial charge in [0, 0.05) is 26.1 Å². The first-order chi connectivity index (χ1) is 12.9. The van der Waals surface area contributed by atoms with Gasteiger partial charge in [0.25, 0.3) is 0 Å². The van der Waals surface area contributed by atoms with Gasteiger partial charge in [-0.25, -0.2) is 8.42 Å². The Balaban J connectivity index is 1.87. The lowest BCUT2D eigenvalue weighted by molar-refractivity contribution is -0.121. The molecule has 0 bridgehead atoms. The van der Waals surface area contributed by atoms with E-state index in [0.717, 1.165) is 31.2 Å². The number of nitrogens with one attached hydrogen (secondary N) is 3. The number of carbonyl (C=O) groups excluding carboxylic acids is 1. The van der Waals surface area contributed by atoms with E-state index in [0.29, 0.717) is 36.1 Å². The van der Waals surface area contributed by atoms with Crippen molar-refractivity contribution >= 4 is 33.3 Å². The van der Waals surface area contributed by atoms with Crippen LogP contribution in [0.5, 0.6) is 0 Å². The summed E-state index contributed by atoms with van der Waals surface area (Å²) >= 11 is 4.96. The average molecular weight is 413 g/mol. The van der Waals surface area contributed by atoms with Gasteiger partial charge in [0.2, 0.25) is 15.9 Å². The van der Waals surface area contributed by atoms with E-state index in [4.69, 9.17) is 12.2 Å². The smallest absolute Gasteiger partial charge is 0.243 e. The Labute approximate surface area is 166 Å². The van der Waals surface area contributed by atoms with Gasteiger partial charge in [0.1, 0.15) is 0 Å². The lowest BCUT2D eigenvalue weighted by Gasteiger charge is -2.20. The fraction of sp³-hybridized carbons (Fsp3) is 0.556. The van der Waals surface area contributed by atoms with Crippen LogP contribution in [0.3, 0.4) is 0 Å². The largest absolute Gasteiger partial charge is 0.362 e. The summed E-state index contributed by atoms with van der Waals surface area (Å²) in [5, 5.41) is 3.24. The first-order valence-electron chi connectivity index (χ1n) is 9.35. The predicted octanol–water partition coefficient (Wildman–Crippen LogP) is 1.70. The van der Waals surface area contributed by atoms with Crippen LogP contribution in [0.15, 0.2) is 29.2 Å². The predicted molar refractivity (Wildman–Crippen MR) is 110 cm³/mol. The summed E-state index contributed by atoms with van der Waals surface area (Å²) in [6, 6.07) is 6.81. The van der Waals surface area contributed by atoms with Crippen LogP contribution in [0.2, 0.25) is 0 Å². The summed E-state index contributed by atoms with van der Waals surface area (Å²) in [7, 11) is -3.43. The fourth-order valence-corrected chi connectivity index (χ4v) is 4.62.